The molecule has 1 N–H and O–H groups in total. The summed E-state index contributed by atoms with van der Waals surface area (Å²) in [6.45, 7) is 22.9. The van der Waals surface area contributed by atoms with Gasteiger partial charge in [0.15, 0.2) is 12.1 Å². The average molecular weight is 636 g/mol. The molecule has 2 unspecified atom stereocenters. The molecule has 10 heteroatoms. The van der Waals surface area contributed by atoms with Gasteiger partial charge in [0, 0.05) is 29.7 Å². The van der Waals surface area contributed by atoms with Gasteiger partial charge in [0.1, 0.15) is 29.5 Å². The monoisotopic (exact) mass is 635 g/mol. The fraction of sp³-hybridized carbons (Fsp3) is 0.800. The van der Waals surface area contributed by atoms with Gasteiger partial charge in [-0.15, -0.1) is 6.58 Å². The first-order chi connectivity index (χ1) is 20.9. The lowest BCUT2D eigenvalue weighted by molar-refractivity contribution is -0.296. The topological polar surface area (TPSA) is 121 Å². The molecule has 0 spiro atoms. The molecule has 3 fully saturated rings. The van der Waals surface area contributed by atoms with Crippen molar-refractivity contribution < 1.29 is 43.2 Å². The smallest absolute Gasteiger partial charge is 0.316 e. The third-order valence-corrected chi connectivity index (χ3v) is 10.4. The van der Waals surface area contributed by atoms with Gasteiger partial charge in [0.05, 0.1) is 31.0 Å². The molecule has 3 aliphatic heterocycles. The molecule has 3 aliphatic rings. The molecule has 3 rings (SSSR count). The molecule has 0 aliphatic carbocycles. The van der Waals surface area contributed by atoms with E-state index in [1.54, 1.807) is 13.0 Å². The summed E-state index contributed by atoms with van der Waals surface area (Å²) in [7, 11) is 3.77. The Kier molecular flexibility index (Phi) is 12.4. The number of likely N-dealkylation sites (N-methyl/N-ethyl adjacent to an activating group) is 1. The molecule has 0 aromatic heterocycles. The fourth-order valence-corrected chi connectivity index (χ4v) is 7.90. The number of hydrogen-bond acceptors (Lipinski definition) is 10. The molecule has 0 aromatic rings. The van der Waals surface area contributed by atoms with E-state index in [1.807, 2.05) is 60.5 Å². The number of rotatable bonds is 7. The van der Waals surface area contributed by atoms with Gasteiger partial charge in [-0.3, -0.25) is 14.4 Å². The van der Waals surface area contributed by atoms with Crippen LogP contribution in [0.3, 0.4) is 0 Å². The summed E-state index contributed by atoms with van der Waals surface area (Å²) in [5, 5.41) is 11.4. The van der Waals surface area contributed by atoms with Crippen molar-refractivity contribution in [2.24, 2.45) is 29.6 Å². The fourth-order valence-electron chi connectivity index (χ4n) is 7.90. The Morgan fingerprint density at radius 2 is 1.71 bits per heavy atom. The molecular formula is C35H57NO9. The van der Waals surface area contributed by atoms with E-state index in [4.69, 9.17) is 23.7 Å². The maximum Gasteiger partial charge on any atom is 0.316 e. The van der Waals surface area contributed by atoms with E-state index in [0.717, 1.165) is 5.57 Å². The highest BCUT2D eigenvalue weighted by Gasteiger charge is 2.55. The van der Waals surface area contributed by atoms with Crippen LogP contribution in [-0.2, 0) is 38.1 Å². The Morgan fingerprint density at radius 1 is 1.07 bits per heavy atom. The maximum atomic E-state index is 14.2. The number of carbonyl (C=O) groups is 3. The number of ketones is 2. The molecule has 3 heterocycles. The summed E-state index contributed by atoms with van der Waals surface area (Å²) >= 11 is 0. The quantitative estimate of drug-likeness (QED) is 0.248. The van der Waals surface area contributed by atoms with Gasteiger partial charge in [0.25, 0.3) is 0 Å². The summed E-state index contributed by atoms with van der Waals surface area (Å²) in [5.74, 6) is -4.55. The normalized spacial score (nSPS) is 44.0. The lowest BCUT2D eigenvalue weighted by atomic mass is 9.69. The van der Waals surface area contributed by atoms with Crippen LogP contribution in [0.2, 0.25) is 0 Å². The van der Waals surface area contributed by atoms with Gasteiger partial charge in [-0.25, -0.2) is 0 Å². The van der Waals surface area contributed by atoms with Crippen molar-refractivity contribution in [3.05, 3.63) is 24.8 Å². The number of carbonyl (C=O) groups excluding carboxylic acids is 3. The van der Waals surface area contributed by atoms with E-state index >= 15 is 0 Å². The van der Waals surface area contributed by atoms with Crippen LogP contribution >= 0.6 is 0 Å². The number of aliphatic hydroxyl groups is 1. The second kappa shape index (κ2) is 14.9. The second-order valence-electron chi connectivity index (χ2n) is 14.2. The molecule has 0 saturated carbocycles. The van der Waals surface area contributed by atoms with Gasteiger partial charge in [-0.05, 0) is 66.6 Å². The van der Waals surface area contributed by atoms with E-state index in [1.165, 1.54) is 6.92 Å². The Balaban J connectivity index is 2.14. The van der Waals surface area contributed by atoms with Crippen molar-refractivity contribution in [2.75, 3.05) is 27.3 Å². The zero-order chi connectivity index (χ0) is 34.0. The second-order valence-corrected chi connectivity index (χ2v) is 14.2. The third-order valence-electron chi connectivity index (χ3n) is 10.4. The number of fused-ring (bicyclic) bond motifs is 1. The SMILES string of the molecule is C=CCO[C@]1(C)C[C@@H](C)C(=O)C(C)[C@H]2C(=C)CO[C@]2(C)[C@@H](CC)OC(=O)C(C)C(=O)[C@H](C)[C@H]1O[C@@H]1O[C@H](C)C[C@H](N(C)C)[C@H]1O. The standard InChI is InChI=1S/C35H57NO9/c1-13-15-41-34(9)17-19(3)28(37)22(6)27-20(4)18-42-35(27,10)26(14-2)44-32(40)24(8)29(38)23(7)31(34)45-33-30(39)25(36(11)12)16-21(5)43-33/h13,19,21-27,30-31,33,39H,1,4,14-18H2,2-3,5-12H3/t19-,21-,22?,23+,24?,25+,26-,27-,30-,31-,33+,34-,35-/m1/s1. The van der Waals surface area contributed by atoms with Crippen molar-refractivity contribution >= 4 is 17.5 Å². The molecule has 0 bridgehead atoms. The zero-order valence-corrected chi connectivity index (χ0v) is 29.0. The third kappa shape index (κ3) is 7.63. The van der Waals surface area contributed by atoms with Gasteiger partial charge < -0.3 is 33.7 Å². The van der Waals surface area contributed by atoms with Crippen LogP contribution in [0, 0.1) is 29.6 Å². The van der Waals surface area contributed by atoms with Gasteiger partial charge in [-0.2, -0.15) is 0 Å². The van der Waals surface area contributed by atoms with Crippen LogP contribution in [0.4, 0.5) is 0 Å². The van der Waals surface area contributed by atoms with E-state index < -0.39 is 77.1 Å². The van der Waals surface area contributed by atoms with Crippen molar-refractivity contribution in [1.29, 1.82) is 0 Å². The van der Waals surface area contributed by atoms with E-state index in [0.29, 0.717) is 12.8 Å². The number of nitrogens with zero attached hydrogens (tertiary/aromatic N) is 1. The highest BCUT2D eigenvalue weighted by molar-refractivity contribution is 6.00. The molecular weight excluding hydrogens is 578 g/mol. The Bertz CT molecular complexity index is 1110. The number of ether oxygens (including phenoxy) is 5. The zero-order valence-electron chi connectivity index (χ0n) is 29.0. The predicted octanol–water partition coefficient (Wildman–Crippen LogP) is 4.13. The highest BCUT2D eigenvalue weighted by atomic mass is 16.7. The summed E-state index contributed by atoms with van der Waals surface area (Å²) in [4.78, 5) is 43.9. The van der Waals surface area contributed by atoms with Gasteiger partial charge in [0.2, 0.25) is 0 Å². The molecule has 13 atom stereocenters. The number of aliphatic hydroxyl groups excluding tert-OH is 1. The Labute approximate surface area is 269 Å². The van der Waals surface area contributed by atoms with Crippen molar-refractivity contribution in [2.45, 2.75) is 123 Å². The molecule has 0 amide bonds. The minimum atomic E-state index is -1.22. The lowest BCUT2D eigenvalue weighted by Crippen LogP contribution is -2.59. The number of hydrogen-bond donors (Lipinski definition) is 1. The summed E-state index contributed by atoms with van der Waals surface area (Å²) in [5.41, 5.74) is -1.44. The lowest BCUT2D eigenvalue weighted by Gasteiger charge is -2.47. The summed E-state index contributed by atoms with van der Waals surface area (Å²) in [6, 6.07) is -0.249. The van der Waals surface area contributed by atoms with Crippen LogP contribution in [0.15, 0.2) is 24.8 Å². The van der Waals surface area contributed by atoms with Crippen molar-refractivity contribution in [1.82, 2.24) is 4.90 Å². The number of cyclic esters (lactones) is 1. The number of Topliss-reactive ketones (excluding diaryl/α,β-unsaturated/α-hetero) is 2. The molecule has 0 aromatic carbocycles. The van der Waals surface area contributed by atoms with Crippen LogP contribution < -0.4 is 0 Å². The molecule has 0 radical (unpaired) electrons. The van der Waals surface area contributed by atoms with E-state index in [2.05, 4.69) is 13.2 Å². The van der Waals surface area contributed by atoms with Crippen LogP contribution in [0.25, 0.3) is 0 Å². The molecule has 3 saturated heterocycles. The van der Waals surface area contributed by atoms with Gasteiger partial charge >= 0.3 is 5.97 Å². The first-order valence-electron chi connectivity index (χ1n) is 16.4. The average Bonchev–Trinajstić information content (AvgIpc) is 3.30. The minimum Gasteiger partial charge on any atom is -0.459 e. The molecule has 10 nitrogen and oxygen atoms in total. The molecule has 256 valence electrons. The van der Waals surface area contributed by atoms with Crippen LogP contribution in [0.5, 0.6) is 0 Å². The largest absolute Gasteiger partial charge is 0.459 e. The highest BCUT2D eigenvalue weighted by Crippen LogP contribution is 2.46. The first kappa shape index (κ1) is 37.5. The minimum absolute atomic E-state index is 0.0223. The maximum absolute atomic E-state index is 14.2. The summed E-state index contributed by atoms with van der Waals surface area (Å²) < 4.78 is 31.4. The van der Waals surface area contributed by atoms with Crippen molar-refractivity contribution in [3.8, 4) is 0 Å². The Hall–Kier alpha value is -1.95. The Morgan fingerprint density at radius 3 is 2.29 bits per heavy atom. The summed E-state index contributed by atoms with van der Waals surface area (Å²) in [6.07, 6.45) is -1.20. The molecule has 45 heavy (non-hydrogen) atoms. The predicted molar refractivity (Wildman–Crippen MR) is 170 cm³/mol. The number of esters is 1. The van der Waals surface area contributed by atoms with Gasteiger partial charge in [-0.1, -0.05) is 40.3 Å². The first-order valence-corrected chi connectivity index (χ1v) is 16.4. The van der Waals surface area contributed by atoms with Crippen LogP contribution in [-0.4, -0.2) is 103 Å². The van der Waals surface area contributed by atoms with E-state index in [-0.39, 0.29) is 37.6 Å². The van der Waals surface area contributed by atoms with Crippen LogP contribution in [0.1, 0.15) is 74.7 Å². The van der Waals surface area contributed by atoms with Crippen molar-refractivity contribution in [3.63, 3.8) is 0 Å². The van der Waals surface area contributed by atoms with E-state index in [9.17, 15) is 19.5 Å².